The number of rotatable bonds is 3. The fourth-order valence-electron chi connectivity index (χ4n) is 1.88. The molecule has 0 aliphatic rings. The minimum atomic E-state index is -4.50. The molecule has 0 aromatic heterocycles. The molecule has 0 radical (unpaired) electrons. The van der Waals surface area contributed by atoms with Crippen LogP contribution in [0.1, 0.15) is 18.1 Å². The molecule has 2 aromatic carbocycles. The van der Waals surface area contributed by atoms with Crippen LogP contribution < -0.4 is 5.32 Å². The van der Waals surface area contributed by atoms with Gasteiger partial charge in [-0.2, -0.15) is 13.2 Å². The van der Waals surface area contributed by atoms with Crippen LogP contribution >= 0.6 is 11.6 Å². The van der Waals surface area contributed by atoms with Crippen LogP contribution in [0.3, 0.4) is 0 Å². The molecule has 0 aliphatic heterocycles. The molecule has 0 unspecified atom stereocenters. The largest absolute Gasteiger partial charge is 0.416 e. The Hall–Kier alpha value is -2.27. The molecule has 1 amide bonds. The van der Waals surface area contributed by atoms with Crippen LogP contribution in [0.4, 0.5) is 18.9 Å². The Balaban J connectivity index is 2.22. The molecule has 2 nitrogen and oxygen atoms in total. The molecule has 0 spiro atoms. The van der Waals surface area contributed by atoms with E-state index < -0.39 is 17.6 Å². The van der Waals surface area contributed by atoms with Gasteiger partial charge in [0.25, 0.3) is 5.91 Å². The number of anilines is 1. The average molecular weight is 340 g/mol. The van der Waals surface area contributed by atoms with E-state index in [1.54, 1.807) is 13.0 Å². The third kappa shape index (κ3) is 4.60. The maximum absolute atomic E-state index is 12.7. The van der Waals surface area contributed by atoms with Crippen LogP contribution in [0.25, 0.3) is 6.08 Å². The number of carbonyl (C=O) groups is 1. The molecule has 0 saturated heterocycles. The van der Waals surface area contributed by atoms with Crippen molar-refractivity contribution < 1.29 is 18.0 Å². The Morgan fingerprint density at radius 1 is 1.13 bits per heavy atom. The van der Waals surface area contributed by atoms with E-state index in [0.717, 1.165) is 23.8 Å². The summed E-state index contributed by atoms with van der Waals surface area (Å²) in [5.41, 5.74) is 0.217. The maximum atomic E-state index is 12.7. The Morgan fingerprint density at radius 2 is 1.78 bits per heavy atom. The highest BCUT2D eigenvalue weighted by molar-refractivity contribution is 6.34. The lowest BCUT2D eigenvalue weighted by Gasteiger charge is -2.12. The second kappa shape index (κ2) is 6.87. The smallest absolute Gasteiger partial charge is 0.321 e. The van der Waals surface area contributed by atoms with Crippen molar-refractivity contribution in [2.24, 2.45) is 0 Å². The first-order chi connectivity index (χ1) is 10.8. The molecule has 1 N–H and O–H groups in total. The maximum Gasteiger partial charge on any atom is 0.416 e. The zero-order valence-corrected chi connectivity index (χ0v) is 12.9. The van der Waals surface area contributed by atoms with Gasteiger partial charge in [0.2, 0.25) is 0 Å². The summed E-state index contributed by atoms with van der Waals surface area (Å²) in [6.45, 7) is 1.57. The zero-order valence-electron chi connectivity index (χ0n) is 12.1. The topological polar surface area (TPSA) is 29.1 Å². The average Bonchev–Trinajstić information content (AvgIpc) is 2.49. The normalized spacial score (nSPS) is 12.1. The molecule has 0 heterocycles. The minimum Gasteiger partial charge on any atom is -0.321 e. The van der Waals surface area contributed by atoms with Crippen molar-refractivity contribution in [2.45, 2.75) is 13.1 Å². The van der Waals surface area contributed by atoms with Gasteiger partial charge in [-0.3, -0.25) is 4.79 Å². The van der Waals surface area contributed by atoms with Gasteiger partial charge in [-0.1, -0.05) is 41.9 Å². The first kappa shape index (κ1) is 17.1. The molecule has 0 saturated carbocycles. The Morgan fingerprint density at radius 3 is 2.39 bits per heavy atom. The lowest BCUT2D eigenvalue weighted by molar-refractivity contribution is -0.137. The number of hydrogen-bond acceptors (Lipinski definition) is 1. The highest BCUT2D eigenvalue weighted by atomic mass is 35.5. The lowest BCUT2D eigenvalue weighted by Crippen LogP contribution is -2.14. The van der Waals surface area contributed by atoms with Gasteiger partial charge in [-0.25, -0.2) is 0 Å². The summed E-state index contributed by atoms with van der Waals surface area (Å²) in [6, 6.07) is 11.9. The van der Waals surface area contributed by atoms with Gasteiger partial charge in [-0.05, 0) is 36.8 Å². The fraction of sp³-hybridized carbons (Fsp3) is 0.118. The minimum absolute atomic E-state index is 0.0406. The molecule has 120 valence electrons. The first-order valence-corrected chi connectivity index (χ1v) is 7.06. The van der Waals surface area contributed by atoms with Crippen molar-refractivity contribution in [3.05, 3.63) is 70.3 Å². The highest BCUT2D eigenvalue weighted by Crippen LogP contribution is 2.33. The first-order valence-electron chi connectivity index (χ1n) is 6.69. The summed E-state index contributed by atoms with van der Waals surface area (Å²) >= 11 is 5.85. The van der Waals surface area contributed by atoms with Crippen LogP contribution in [-0.4, -0.2) is 5.91 Å². The van der Waals surface area contributed by atoms with Crippen molar-refractivity contribution in [3.63, 3.8) is 0 Å². The van der Waals surface area contributed by atoms with Crippen LogP contribution in [-0.2, 0) is 11.0 Å². The second-order valence-corrected chi connectivity index (χ2v) is 5.29. The van der Waals surface area contributed by atoms with Gasteiger partial charge in [0.15, 0.2) is 0 Å². The summed E-state index contributed by atoms with van der Waals surface area (Å²) in [5.74, 6) is -0.518. The monoisotopic (exact) mass is 339 g/mol. The molecule has 2 rings (SSSR count). The van der Waals surface area contributed by atoms with Gasteiger partial charge >= 0.3 is 6.18 Å². The standard InChI is InChI=1S/C17H13ClF3NO/c1-11(9-12-5-3-2-4-6-12)16(23)22-15-10-13(17(19,20)21)7-8-14(15)18/h2-10H,1H3,(H,22,23)/b11-9+. The fourth-order valence-corrected chi connectivity index (χ4v) is 2.05. The molecule has 2 aromatic rings. The predicted molar refractivity (Wildman–Crippen MR) is 85.2 cm³/mol. The van der Waals surface area contributed by atoms with Gasteiger partial charge < -0.3 is 5.32 Å². The highest BCUT2D eigenvalue weighted by Gasteiger charge is 2.31. The van der Waals surface area contributed by atoms with E-state index in [-0.39, 0.29) is 10.7 Å². The number of halogens is 4. The summed E-state index contributed by atoms with van der Waals surface area (Å²) in [7, 11) is 0. The third-order valence-electron chi connectivity index (χ3n) is 3.08. The lowest BCUT2D eigenvalue weighted by atomic mass is 10.1. The second-order valence-electron chi connectivity index (χ2n) is 4.88. The van der Waals surface area contributed by atoms with Crippen LogP contribution in [0.2, 0.25) is 5.02 Å². The molecule has 23 heavy (non-hydrogen) atoms. The molecule has 6 heteroatoms. The summed E-state index contributed by atoms with van der Waals surface area (Å²) in [4.78, 5) is 12.1. The Kier molecular flexibility index (Phi) is 5.11. The Bertz CT molecular complexity index is 739. The number of carbonyl (C=O) groups excluding carboxylic acids is 1. The van der Waals surface area contributed by atoms with Gasteiger partial charge in [0.05, 0.1) is 16.3 Å². The molecule has 0 atom stereocenters. The van der Waals surface area contributed by atoms with Crippen molar-refractivity contribution in [2.75, 3.05) is 5.32 Å². The summed E-state index contributed by atoms with van der Waals surface area (Å²) in [5, 5.41) is 2.44. The van der Waals surface area contributed by atoms with Crippen LogP contribution in [0, 0.1) is 0 Å². The summed E-state index contributed by atoms with van der Waals surface area (Å²) in [6.07, 6.45) is -2.87. The number of nitrogens with one attached hydrogen (secondary N) is 1. The van der Waals surface area contributed by atoms with E-state index in [4.69, 9.17) is 11.6 Å². The number of benzene rings is 2. The van der Waals surface area contributed by atoms with Crippen LogP contribution in [0.5, 0.6) is 0 Å². The van der Waals surface area contributed by atoms with E-state index in [1.807, 2.05) is 30.3 Å². The van der Waals surface area contributed by atoms with E-state index in [1.165, 1.54) is 0 Å². The van der Waals surface area contributed by atoms with Crippen LogP contribution in [0.15, 0.2) is 54.1 Å². The van der Waals surface area contributed by atoms with Gasteiger partial charge in [0.1, 0.15) is 0 Å². The Labute approximate surface area is 136 Å². The number of hydrogen-bond donors (Lipinski definition) is 1. The van der Waals surface area contributed by atoms with Crippen molar-refractivity contribution >= 4 is 29.3 Å². The third-order valence-corrected chi connectivity index (χ3v) is 3.41. The van der Waals surface area contributed by atoms with E-state index >= 15 is 0 Å². The number of alkyl halides is 3. The van der Waals surface area contributed by atoms with Crippen molar-refractivity contribution in [1.82, 2.24) is 0 Å². The quantitative estimate of drug-likeness (QED) is 0.745. The number of amides is 1. The van der Waals surface area contributed by atoms with Crippen molar-refractivity contribution in [1.29, 1.82) is 0 Å². The SMILES string of the molecule is C/C(=C\c1ccccc1)C(=O)Nc1cc(C(F)(F)F)ccc1Cl. The molecule has 0 bridgehead atoms. The van der Waals surface area contributed by atoms with E-state index in [2.05, 4.69) is 5.32 Å². The van der Waals surface area contributed by atoms with Crippen molar-refractivity contribution in [3.8, 4) is 0 Å². The molecular weight excluding hydrogens is 327 g/mol. The van der Waals surface area contributed by atoms with Gasteiger partial charge in [-0.15, -0.1) is 0 Å². The zero-order chi connectivity index (χ0) is 17.0. The van der Waals surface area contributed by atoms with E-state index in [0.29, 0.717) is 5.57 Å². The molecule has 0 aliphatic carbocycles. The predicted octanol–water partition coefficient (Wildman–Crippen LogP) is 5.40. The van der Waals surface area contributed by atoms with E-state index in [9.17, 15) is 18.0 Å². The molecular formula is C17H13ClF3NO. The molecule has 0 fully saturated rings. The van der Waals surface area contributed by atoms with Gasteiger partial charge in [0, 0.05) is 5.57 Å². The summed E-state index contributed by atoms with van der Waals surface area (Å²) < 4.78 is 38.1.